The van der Waals surface area contributed by atoms with Gasteiger partial charge in [-0.05, 0) is 57.0 Å². The van der Waals surface area contributed by atoms with Crippen molar-refractivity contribution in [2.75, 3.05) is 54.9 Å². The molecule has 11 heteroatoms. The molecule has 0 bridgehead atoms. The van der Waals surface area contributed by atoms with E-state index in [-0.39, 0.29) is 12.1 Å². The number of anilines is 4. The predicted molar refractivity (Wildman–Crippen MR) is 163 cm³/mol. The van der Waals surface area contributed by atoms with Gasteiger partial charge >= 0.3 is 6.09 Å². The standard InChI is InChI=1S/C31H38N8O3/c1-31(2,3)42-30(40)38-14-13-25(20-38)39-21-33-26-27(32-19-22-7-5-4-6-8-22)35-29(36-28(26)39)34-23-9-11-24(12-10-23)37-15-17-41-18-16-37/h4-12,21,25H,13-20H2,1-3H3,(H2,32,34,35,36)/t25-/m0/s1. The van der Waals surface area contributed by atoms with E-state index < -0.39 is 5.60 Å². The number of imidazole rings is 1. The van der Waals surface area contributed by atoms with Crippen LogP contribution in [0, 0.1) is 0 Å². The number of fused-ring (bicyclic) bond motifs is 1. The maximum Gasteiger partial charge on any atom is 0.410 e. The summed E-state index contributed by atoms with van der Waals surface area (Å²) < 4.78 is 13.2. The van der Waals surface area contributed by atoms with Gasteiger partial charge in [0.25, 0.3) is 0 Å². The van der Waals surface area contributed by atoms with Crippen LogP contribution in [0.5, 0.6) is 0 Å². The zero-order valence-electron chi connectivity index (χ0n) is 24.4. The normalized spacial score (nSPS) is 17.5. The smallest absolute Gasteiger partial charge is 0.410 e. The minimum absolute atomic E-state index is 0.0278. The maximum absolute atomic E-state index is 12.7. The van der Waals surface area contributed by atoms with Crippen LogP contribution in [0.15, 0.2) is 60.9 Å². The molecule has 2 aromatic heterocycles. The van der Waals surface area contributed by atoms with Crippen LogP contribution in [-0.4, -0.2) is 75.5 Å². The Morgan fingerprint density at radius 1 is 1.02 bits per heavy atom. The van der Waals surface area contributed by atoms with Gasteiger partial charge < -0.3 is 34.5 Å². The molecule has 0 radical (unpaired) electrons. The van der Waals surface area contributed by atoms with Crippen molar-refractivity contribution >= 4 is 40.4 Å². The molecular formula is C31H38N8O3. The highest BCUT2D eigenvalue weighted by atomic mass is 16.6. The van der Waals surface area contributed by atoms with E-state index in [4.69, 9.17) is 24.4 Å². The van der Waals surface area contributed by atoms with Gasteiger partial charge in [-0.15, -0.1) is 0 Å². The minimum Gasteiger partial charge on any atom is -0.444 e. The van der Waals surface area contributed by atoms with Crippen LogP contribution in [0.25, 0.3) is 11.2 Å². The van der Waals surface area contributed by atoms with E-state index in [1.807, 2.05) is 51.1 Å². The lowest BCUT2D eigenvalue weighted by molar-refractivity contribution is 0.0289. The quantitative estimate of drug-likeness (QED) is 0.310. The van der Waals surface area contributed by atoms with E-state index in [0.717, 1.165) is 44.0 Å². The molecule has 2 fully saturated rings. The summed E-state index contributed by atoms with van der Waals surface area (Å²) in [5.41, 5.74) is 4.06. The molecule has 2 aliphatic heterocycles. The van der Waals surface area contributed by atoms with E-state index in [1.54, 1.807) is 11.2 Å². The Bertz CT molecular complexity index is 1510. The SMILES string of the molecule is CC(C)(C)OC(=O)N1CC[C@H](n2cnc3c(NCc4ccccc4)nc(Nc4ccc(N5CCOCC5)cc4)nc32)C1. The van der Waals surface area contributed by atoms with E-state index in [2.05, 4.69) is 44.4 Å². The lowest BCUT2D eigenvalue weighted by Gasteiger charge is -2.28. The number of hydrogen-bond donors (Lipinski definition) is 2. The average Bonchev–Trinajstić information content (AvgIpc) is 3.64. The lowest BCUT2D eigenvalue weighted by atomic mass is 10.2. The number of morpholine rings is 1. The highest BCUT2D eigenvalue weighted by Gasteiger charge is 2.32. The molecule has 2 aromatic carbocycles. The number of ether oxygens (including phenoxy) is 2. The molecule has 0 saturated carbocycles. The van der Waals surface area contributed by atoms with Gasteiger partial charge in [-0.25, -0.2) is 9.78 Å². The van der Waals surface area contributed by atoms with Crippen molar-refractivity contribution in [3.63, 3.8) is 0 Å². The molecule has 6 rings (SSSR count). The van der Waals surface area contributed by atoms with Crippen LogP contribution in [-0.2, 0) is 16.0 Å². The number of hydrogen-bond acceptors (Lipinski definition) is 9. The van der Waals surface area contributed by atoms with Crippen LogP contribution >= 0.6 is 0 Å². The van der Waals surface area contributed by atoms with Crippen LogP contribution in [0.4, 0.5) is 27.9 Å². The van der Waals surface area contributed by atoms with E-state index in [0.29, 0.717) is 42.6 Å². The Labute approximate surface area is 245 Å². The van der Waals surface area contributed by atoms with Crippen molar-refractivity contribution in [1.82, 2.24) is 24.4 Å². The monoisotopic (exact) mass is 570 g/mol. The third-order valence-corrected chi connectivity index (χ3v) is 7.43. The largest absolute Gasteiger partial charge is 0.444 e. The van der Waals surface area contributed by atoms with Crippen LogP contribution in [0.1, 0.15) is 38.8 Å². The van der Waals surface area contributed by atoms with Crippen LogP contribution in [0.3, 0.4) is 0 Å². The molecular weight excluding hydrogens is 532 g/mol. The predicted octanol–water partition coefficient (Wildman–Crippen LogP) is 5.20. The Morgan fingerprint density at radius 3 is 2.52 bits per heavy atom. The third kappa shape index (κ3) is 6.41. The fourth-order valence-corrected chi connectivity index (χ4v) is 5.31. The van der Waals surface area contributed by atoms with Gasteiger partial charge in [-0.2, -0.15) is 9.97 Å². The average molecular weight is 571 g/mol. The second kappa shape index (κ2) is 11.8. The summed E-state index contributed by atoms with van der Waals surface area (Å²) in [5, 5.41) is 6.86. The maximum atomic E-state index is 12.7. The number of nitrogens with one attached hydrogen (secondary N) is 2. The zero-order chi connectivity index (χ0) is 29.1. The first-order valence-electron chi connectivity index (χ1n) is 14.5. The summed E-state index contributed by atoms with van der Waals surface area (Å²) in [4.78, 5) is 31.2. The topological polar surface area (TPSA) is 110 Å². The fraction of sp³-hybridized carbons (Fsp3) is 0.419. The van der Waals surface area contributed by atoms with Crippen LogP contribution < -0.4 is 15.5 Å². The highest BCUT2D eigenvalue weighted by molar-refractivity contribution is 5.85. The van der Waals surface area contributed by atoms with Crippen LogP contribution in [0.2, 0.25) is 0 Å². The van der Waals surface area contributed by atoms with E-state index in [1.165, 1.54) is 5.69 Å². The van der Waals surface area contributed by atoms with Gasteiger partial charge in [0.1, 0.15) is 5.60 Å². The fourth-order valence-electron chi connectivity index (χ4n) is 5.31. The molecule has 220 valence electrons. The molecule has 2 N–H and O–H groups in total. The van der Waals surface area contributed by atoms with Crippen molar-refractivity contribution < 1.29 is 14.3 Å². The summed E-state index contributed by atoms with van der Waals surface area (Å²) >= 11 is 0. The van der Waals surface area contributed by atoms with Gasteiger partial charge in [0, 0.05) is 44.1 Å². The molecule has 1 amide bonds. The zero-order valence-corrected chi connectivity index (χ0v) is 24.4. The second-order valence-electron chi connectivity index (χ2n) is 11.7. The first-order chi connectivity index (χ1) is 20.3. The molecule has 4 heterocycles. The molecule has 0 aliphatic carbocycles. The summed E-state index contributed by atoms with van der Waals surface area (Å²) in [6.07, 6.45) is 2.29. The number of benzene rings is 2. The van der Waals surface area contributed by atoms with Crippen molar-refractivity contribution in [1.29, 1.82) is 0 Å². The molecule has 0 unspecified atom stereocenters. The number of carbonyl (C=O) groups is 1. The summed E-state index contributed by atoms with van der Waals surface area (Å²) in [7, 11) is 0. The summed E-state index contributed by atoms with van der Waals surface area (Å²) in [6, 6.07) is 18.5. The molecule has 0 spiro atoms. The number of amides is 1. The van der Waals surface area contributed by atoms with Crippen molar-refractivity contribution in [2.24, 2.45) is 0 Å². The summed E-state index contributed by atoms with van der Waals surface area (Å²) in [6.45, 7) is 10.7. The third-order valence-electron chi connectivity index (χ3n) is 7.43. The Morgan fingerprint density at radius 2 is 1.79 bits per heavy atom. The number of rotatable bonds is 7. The number of likely N-dealkylation sites (tertiary alicyclic amines) is 1. The molecule has 2 saturated heterocycles. The highest BCUT2D eigenvalue weighted by Crippen LogP contribution is 2.30. The number of aromatic nitrogens is 4. The lowest BCUT2D eigenvalue weighted by Crippen LogP contribution is -2.36. The number of carbonyl (C=O) groups excluding carboxylic acids is 1. The van der Waals surface area contributed by atoms with Crippen molar-refractivity contribution in [3.8, 4) is 0 Å². The first-order valence-corrected chi connectivity index (χ1v) is 14.5. The van der Waals surface area contributed by atoms with Crippen molar-refractivity contribution in [3.05, 3.63) is 66.5 Å². The van der Waals surface area contributed by atoms with E-state index >= 15 is 0 Å². The second-order valence-corrected chi connectivity index (χ2v) is 11.7. The molecule has 1 atom stereocenters. The van der Waals surface area contributed by atoms with Gasteiger partial charge in [0.2, 0.25) is 5.95 Å². The number of nitrogens with zero attached hydrogens (tertiary/aromatic N) is 6. The Kier molecular flexibility index (Phi) is 7.84. The minimum atomic E-state index is -0.537. The van der Waals surface area contributed by atoms with Crippen molar-refractivity contribution in [2.45, 2.75) is 45.4 Å². The van der Waals surface area contributed by atoms with Gasteiger partial charge in [-0.3, -0.25) is 0 Å². The van der Waals surface area contributed by atoms with E-state index in [9.17, 15) is 4.79 Å². The molecule has 11 nitrogen and oxygen atoms in total. The summed E-state index contributed by atoms with van der Waals surface area (Å²) in [5.74, 6) is 1.12. The molecule has 42 heavy (non-hydrogen) atoms. The van der Waals surface area contributed by atoms with Gasteiger partial charge in [0.15, 0.2) is 17.0 Å². The molecule has 2 aliphatic rings. The Hall–Kier alpha value is -4.38. The van der Waals surface area contributed by atoms with Gasteiger partial charge in [0.05, 0.1) is 25.6 Å². The van der Waals surface area contributed by atoms with Gasteiger partial charge in [-0.1, -0.05) is 30.3 Å². The molecule has 4 aromatic rings. The Balaban J connectivity index is 1.26. The first kappa shape index (κ1) is 27.8.